The van der Waals surface area contributed by atoms with E-state index in [1.807, 2.05) is 0 Å². The van der Waals surface area contributed by atoms with Crippen LogP contribution in [0.3, 0.4) is 0 Å². The number of nitrogens with zero attached hydrogens (tertiary/aromatic N) is 1. The minimum atomic E-state index is 0.373. The number of fused-ring (bicyclic) bond motifs is 1. The molecule has 0 amide bonds. The van der Waals surface area contributed by atoms with Crippen molar-refractivity contribution >= 4 is 0 Å². The fourth-order valence-electron chi connectivity index (χ4n) is 3.59. The van der Waals surface area contributed by atoms with Crippen LogP contribution in [0.25, 0.3) is 0 Å². The first kappa shape index (κ1) is 9.51. The van der Waals surface area contributed by atoms with Gasteiger partial charge in [-0.25, -0.2) is 0 Å². The highest BCUT2D eigenvalue weighted by molar-refractivity contribution is 5.17. The Morgan fingerprint density at radius 1 is 1.31 bits per heavy atom. The smallest absolute Gasteiger partial charge is 0.0167 e. The molecule has 0 radical (unpaired) electrons. The Kier molecular flexibility index (Phi) is 1.83. The maximum atomic E-state index is 2.75. The summed E-state index contributed by atoms with van der Waals surface area (Å²) in [4.78, 5) is 2.75. The number of hydrogen-bond acceptors (Lipinski definition) is 1. The van der Waals surface area contributed by atoms with Crippen molar-refractivity contribution in [2.75, 3.05) is 0 Å². The summed E-state index contributed by atoms with van der Waals surface area (Å²) in [5.74, 6) is 0. The molecule has 3 atom stereocenters. The van der Waals surface area contributed by atoms with Gasteiger partial charge in [0, 0.05) is 17.6 Å². The summed E-state index contributed by atoms with van der Waals surface area (Å²) in [5.41, 5.74) is 1.10. The molecule has 1 saturated carbocycles. The molecule has 0 bridgehead atoms. The summed E-state index contributed by atoms with van der Waals surface area (Å²) >= 11 is 0. The van der Waals surface area contributed by atoms with E-state index in [9.17, 15) is 0 Å². The maximum absolute atomic E-state index is 2.75. The topological polar surface area (TPSA) is 3.24 Å². The van der Waals surface area contributed by atoms with E-state index >= 15 is 0 Å². The summed E-state index contributed by atoms with van der Waals surface area (Å²) in [6, 6.07) is 1.71. The van der Waals surface area contributed by atoms with Gasteiger partial charge in [0.05, 0.1) is 0 Å². The largest absolute Gasteiger partial charge is 0.292 e. The van der Waals surface area contributed by atoms with Gasteiger partial charge in [0.15, 0.2) is 0 Å². The second-order valence-corrected chi connectivity index (χ2v) is 6.07. The Morgan fingerprint density at radius 2 is 1.92 bits per heavy atom. The van der Waals surface area contributed by atoms with Crippen LogP contribution in [-0.2, 0) is 0 Å². The zero-order valence-corrected chi connectivity index (χ0v) is 9.72. The molecule has 1 nitrogen and oxygen atoms in total. The Morgan fingerprint density at radius 3 is 2.23 bits per heavy atom. The highest BCUT2D eigenvalue weighted by Gasteiger charge is 2.63. The molecule has 1 heterocycles. The third-order valence-corrected chi connectivity index (χ3v) is 4.14. The zero-order chi connectivity index (χ0) is 9.85. The van der Waals surface area contributed by atoms with E-state index in [0.29, 0.717) is 5.54 Å². The summed E-state index contributed by atoms with van der Waals surface area (Å²) in [6.07, 6.45) is 4.28. The molecule has 2 rings (SSSR count). The van der Waals surface area contributed by atoms with Gasteiger partial charge >= 0.3 is 0 Å². The van der Waals surface area contributed by atoms with Crippen LogP contribution in [0.15, 0.2) is 0 Å². The van der Waals surface area contributed by atoms with Crippen molar-refractivity contribution < 1.29 is 0 Å². The van der Waals surface area contributed by atoms with Gasteiger partial charge in [-0.1, -0.05) is 6.92 Å². The molecule has 1 saturated heterocycles. The summed E-state index contributed by atoms with van der Waals surface area (Å²) in [5, 5.41) is 0. The molecule has 2 fully saturated rings. The first-order valence-corrected chi connectivity index (χ1v) is 5.69. The predicted octanol–water partition coefficient (Wildman–Crippen LogP) is 3.05. The van der Waals surface area contributed by atoms with E-state index in [2.05, 4.69) is 39.5 Å². The van der Waals surface area contributed by atoms with E-state index in [4.69, 9.17) is 0 Å². The molecule has 76 valence electrons. The van der Waals surface area contributed by atoms with Crippen molar-refractivity contribution in [3.63, 3.8) is 0 Å². The minimum Gasteiger partial charge on any atom is -0.292 e. The minimum absolute atomic E-state index is 0.373. The van der Waals surface area contributed by atoms with Gasteiger partial charge in [0.25, 0.3) is 0 Å². The monoisotopic (exact) mass is 181 g/mol. The molecule has 1 aliphatic carbocycles. The fraction of sp³-hybridized carbons (Fsp3) is 1.00. The number of hydrogen-bond donors (Lipinski definition) is 0. The van der Waals surface area contributed by atoms with Crippen LogP contribution in [0.4, 0.5) is 0 Å². The lowest BCUT2D eigenvalue weighted by atomic mass is 9.97. The molecule has 0 aromatic heterocycles. The molecule has 1 heteroatoms. The van der Waals surface area contributed by atoms with Crippen molar-refractivity contribution in [2.24, 2.45) is 5.41 Å². The average molecular weight is 181 g/mol. The van der Waals surface area contributed by atoms with Crippen molar-refractivity contribution in [1.29, 1.82) is 0 Å². The summed E-state index contributed by atoms with van der Waals surface area (Å²) < 4.78 is 0. The summed E-state index contributed by atoms with van der Waals surface area (Å²) in [7, 11) is 0. The lowest BCUT2D eigenvalue weighted by Crippen LogP contribution is -2.45. The molecule has 1 aliphatic heterocycles. The van der Waals surface area contributed by atoms with Crippen LogP contribution in [0, 0.1) is 5.41 Å². The van der Waals surface area contributed by atoms with Crippen molar-refractivity contribution in [3.8, 4) is 0 Å². The van der Waals surface area contributed by atoms with Crippen molar-refractivity contribution in [3.05, 3.63) is 0 Å². The third-order valence-electron chi connectivity index (χ3n) is 4.14. The second-order valence-electron chi connectivity index (χ2n) is 6.07. The third kappa shape index (κ3) is 1.24. The van der Waals surface area contributed by atoms with E-state index in [0.717, 1.165) is 17.5 Å². The van der Waals surface area contributed by atoms with Gasteiger partial charge in [-0.05, 0) is 52.4 Å². The second kappa shape index (κ2) is 2.50. The van der Waals surface area contributed by atoms with Gasteiger partial charge in [-0.2, -0.15) is 0 Å². The standard InChI is InChI=1S/C12H23N/c1-6-12-7-9(2)13(10(12)8-12)11(3,4)5/h9-10H,6-8H2,1-5H3/t9-,10-,12+/m1/s1. The Bertz CT molecular complexity index is 216. The van der Waals surface area contributed by atoms with Crippen LogP contribution < -0.4 is 0 Å². The van der Waals surface area contributed by atoms with Gasteiger partial charge in [0.2, 0.25) is 0 Å². The fourth-order valence-corrected chi connectivity index (χ4v) is 3.59. The SMILES string of the molecule is CC[C@@]12C[C@@H](C)N(C(C)(C)C)[C@@H]1C2. The van der Waals surface area contributed by atoms with Crippen LogP contribution in [-0.4, -0.2) is 22.5 Å². The highest BCUT2D eigenvalue weighted by Crippen LogP contribution is 2.62. The van der Waals surface area contributed by atoms with Crippen molar-refractivity contribution in [2.45, 2.75) is 71.5 Å². The van der Waals surface area contributed by atoms with E-state index < -0.39 is 0 Å². The lowest BCUT2D eigenvalue weighted by molar-refractivity contribution is 0.104. The molecule has 0 aromatic rings. The quantitative estimate of drug-likeness (QED) is 0.601. The molecular formula is C12H23N. The molecule has 0 spiro atoms. The Labute approximate surface area is 82.5 Å². The molecule has 0 N–H and O–H groups in total. The Hall–Kier alpha value is -0.0400. The summed E-state index contributed by atoms with van der Waals surface area (Å²) in [6.45, 7) is 11.8. The molecular weight excluding hydrogens is 158 g/mol. The van der Waals surface area contributed by atoms with E-state index in [1.165, 1.54) is 19.3 Å². The molecule has 0 unspecified atom stereocenters. The van der Waals surface area contributed by atoms with Crippen LogP contribution >= 0.6 is 0 Å². The van der Waals surface area contributed by atoms with Crippen LogP contribution in [0.5, 0.6) is 0 Å². The first-order chi connectivity index (χ1) is 5.91. The highest BCUT2D eigenvalue weighted by atomic mass is 15.3. The van der Waals surface area contributed by atoms with Crippen LogP contribution in [0.1, 0.15) is 53.9 Å². The van der Waals surface area contributed by atoms with E-state index in [1.54, 1.807) is 0 Å². The number of rotatable bonds is 1. The van der Waals surface area contributed by atoms with Crippen molar-refractivity contribution in [1.82, 2.24) is 4.90 Å². The van der Waals surface area contributed by atoms with Gasteiger partial charge < -0.3 is 0 Å². The molecule has 13 heavy (non-hydrogen) atoms. The average Bonchev–Trinajstić information content (AvgIpc) is 2.55. The first-order valence-electron chi connectivity index (χ1n) is 5.69. The number of piperidine rings is 1. The maximum Gasteiger partial charge on any atom is 0.0167 e. The zero-order valence-electron chi connectivity index (χ0n) is 9.72. The molecule has 2 aliphatic rings. The lowest BCUT2D eigenvalue weighted by Gasteiger charge is -2.37. The predicted molar refractivity (Wildman–Crippen MR) is 56.8 cm³/mol. The normalized spacial score (nSPS) is 45.0. The van der Waals surface area contributed by atoms with Crippen LogP contribution in [0.2, 0.25) is 0 Å². The molecule has 0 aromatic carbocycles. The van der Waals surface area contributed by atoms with Gasteiger partial charge in [-0.3, -0.25) is 4.90 Å². The van der Waals surface area contributed by atoms with Gasteiger partial charge in [-0.15, -0.1) is 0 Å². The van der Waals surface area contributed by atoms with E-state index in [-0.39, 0.29) is 0 Å². The van der Waals surface area contributed by atoms with Gasteiger partial charge in [0.1, 0.15) is 0 Å². The Balaban J connectivity index is 2.16. The number of likely N-dealkylation sites (tertiary alicyclic amines) is 1.